The quantitative estimate of drug-likeness (QED) is 0.683. The summed E-state index contributed by atoms with van der Waals surface area (Å²) in [7, 11) is 1.85. The molecule has 0 saturated heterocycles. The molecule has 3 aromatic rings. The molecule has 0 saturated carbocycles. The molecule has 0 bridgehead atoms. The number of anilines is 1. The van der Waals surface area contributed by atoms with Crippen molar-refractivity contribution in [3.8, 4) is 0 Å². The van der Waals surface area contributed by atoms with Crippen LogP contribution in [0.1, 0.15) is 5.56 Å². The molecular weight excluding hydrogens is 329 g/mol. The Kier molecular flexibility index (Phi) is 4.35. The third-order valence-electron chi connectivity index (χ3n) is 3.85. The summed E-state index contributed by atoms with van der Waals surface area (Å²) in [6.07, 6.45) is -2.21. The van der Waals surface area contributed by atoms with Crippen molar-refractivity contribution in [2.45, 2.75) is 6.18 Å². The first-order valence-electron chi connectivity index (χ1n) is 7.55. The Hall–Kier alpha value is -3.02. The molecule has 128 valence electrons. The monoisotopic (exact) mass is 344 g/mol. The van der Waals surface area contributed by atoms with Gasteiger partial charge in [0, 0.05) is 30.2 Å². The Bertz CT molecular complexity index is 940. The van der Waals surface area contributed by atoms with Crippen molar-refractivity contribution < 1.29 is 18.0 Å². The molecule has 0 fully saturated rings. The number of aryl methyl sites for hydroxylation is 1. The van der Waals surface area contributed by atoms with E-state index < -0.39 is 17.7 Å². The number of nitrogens with one attached hydrogen (secondary N) is 1. The second-order valence-electron chi connectivity index (χ2n) is 5.58. The van der Waals surface area contributed by atoms with Gasteiger partial charge in [0.2, 0.25) is 5.91 Å². The second kappa shape index (κ2) is 6.47. The summed E-state index contributed by atoms with van der Waals surface area (Å²) in [5.41, 5.74) is 0.309. The van der Waals surface area contributed by atoms with Gasteiger partial charge in [0.25, 0.3) is 0 Å². The fraction of sp³-hybridized carbons (Fsp3) is 0.105. The van der Waals surface area contributed by atoms with Gasteiger partial charge in [-0.1, -0.05) is 36.4 Å². The van der Waals surface area contributed by atoms with Gasteiger partial charge in [0.05, 0.1) is 11.3 Å². The summed E-state index contributed by atoms with van der Waals surface area (Å²) in [4.78, 5) is 12.2. The number of carbonyl (C=O) groups excluding carboxylic acids is 1. The fourth-order valence-electron chi connectivity index (χ4n) is 2.66. The van der Waals surface area contributed by atoms with Crippen molar-refractivity contribution >= 4 is 28.1 Å². The first-order chi connectivity index (χ1) is 11.9. The highest BCUT2D eigenvalue weighted by molar-refractivity contribution is 6.08. The van der Waals surface area contributed by atoms with E-state index in [1.807, 2.05) is 23.9 Å². The van der Waals surface area contributed by atoms with Gasteiger partial charge in [-0.05, 0) is 23.8 Å². The van der Waals surface area contributed by atoms with Crippen molar-refractivity contribution in [3.63, 3.8) is 0 Å². The van der Waals surface area contributed by atoms with Gasteiger partial charge < -0.3 is 9.88 Å². The first-order valence-corrected chi connectivity index (χ1v) is 7.55. The van der Waals surface area contributed by atoms with Crippen LogP contribution in [-0.2, 0) is 11.8 Å². The third-order valence-corrected chi connectivity index (χ3v) is 3.85. The predicted molar refractivity (Wildman–Crippen MR) is 92.0 cm³/mol. The Labute approximate surface area is 142 Å². The highest BCUT2D eigenvalue weighted by Crippen LogP contribution is 2.34. The largest absolute Gasteiger partial charge is 0.417 e. The zero-order valence-corrected chi connectivity index (χ0v) is 13.3. The number of fused-ring (bicyclic) bond motifs is 1. The van der Waals surface area contributed by atoms with Crippen LogP contribution in [0.25, 0.3) is 16.5 Å². The Balaban J connectivity index is 1.94. The maximum Gasteiger partial charge on any atom is 0.417 e. The van der Waals surface area contributed by atoms with Crippen molar-refractivity contribution in [1.29, 1.82) is 0 Å². The zero-order chi connectivity index (χ0) is 18.0. The maximum atomic E-state index is 13.3. The number of amides is 1. The number of allylic oxidation sites excluding steroid dienone is 1. The van der Waals surface area contributed by atoms with Gasteiger partial charge in [-0.2, -0.15) is 13.2 Å². The van der Waals surface area contributed by atoms with Crippen LogP contribution >= 0.6 is 0 Å². The van der Waals surface area contributed by atoms with E-state index in [0.29, 0.717) is 11.8 Å². The molecule has 0 aliphatic carbocycles. The van der Waals surface area contributed by atoms with E-state index in [2.05, 4.69) is 5.32 Å². The Morgan fingerprint density at radius 1 is 1.04 bits per heavy atom. The van der Waals surface area contributed by atoms with Crippen LogP contribution < -0.4 is 5.32 Å². The minimum Gasteiger partial charge on any atom is -0.350 e. The van der Waals surface area contributed by atoms with Crippen LogP contribution in [0.3, 0.4) is 0 Å². The standard InChI is InChI=1S/C19H15F3N2O/c1-24-11-10-14-16(8-5-9-17(14)24)23-18(25)12-15(19(20,21)22)13-6-3-2-4-7-13/h2-12H,1H3,(H,23,25)/b15-12-. The number of aromatic nitrogens is 1. The topological polar surface area (TPSA) is 34.0 Å². The summed E-state index contributed by atoms with van der Waals surface area (Å²) in [5, 5.41) is 3.31. The summed E-state index contributed by atoms with van der Waals surface area (Å²) in [6.45, 7) is 0. The fourth-order valence-corrected chi connectivity index (χ4v) is 2.66. The molecule has 0 unspecified atom stereocenters. The molecule has 0 spiro atoms. The number of halogens is 3. The smallest absolute Gasteiger partial charge is 0.350 e. The molecule has 0 aliphatic rings. The molecule has 0 atom stereocenters. The van der Waals surface area contributed by atoms with E-state index in [4.69, 9.17) is 0 Å². The van der Waals surface area contributed by atoms with Gasteiger partial charge >= 0.3 is 6.18 Å². The minimum absolute atomic E-state index is 0.0527. The average Bonchev–Trinajstić information content (AvgIpc) is 2.95. The van der Waals surface area contributed by atoms with E-state index in [1.54, 1.807) is 24.3 Å². The van der Waals surface area contributed by atoms with Gasteiger partial charge in [-0.15, -0.1) is 0 Å². The molecule has 0 aliphatic heterocycles. The summed E-state index contributed by atoms with van der Waals surface area (Å²) in [6, 6.07) is 14.3. The molecule has 1 aromatic heterocycles. The SMILES string of the molecule is Cn1ccc2c(NC(=O)/C=C(/c3ccccc3)C(F)(F)F)cccc21. The highest BCUT2D eigenvalue weighted by atomic mass is 19.4. The number of hydrogen-bond acceptors (Lipinski definition) is 1. The molecule has 0 radical (unpaired) electrons. The van der Waals surface area contributed by atoms with Gasteiger partial charge in [-0.25, -0.2) is 0 Å². The van der Waals surface area contributed by atoms with E-state index in [9.17, 15) is 18.0 Å². The lowest BCUT2D eigenvalue weighted by molar-refractivity contribution is -0.112. The number of nitrogens with zero attached hydrogens (tertiary/aromatic N) is 1. The van der Waals surface area contributed by atoms with Gasteiger partial charge in [0.15, 0.2) is 0 Å². The van der Waals surface area contributed by atoms with Crippen LogP contribution in [-0.4, -0.2) is 16.7 Å². The van der Waals surface area contributed by atoms with Crippen molar-refractivity contribution in [3.05, 3.63) is 72.4 Å². The number of rotatable bonds is 3. The molecule has 1 N–H and O–H groups in total. The molecule has 2 aromatic carbocycles. The van der Waals surface area contributed by atoms with Gasteiger partial charge in [-0.3, -0.25) is 4.79 Å². The number of alkyl halides is 3. The van der Waals surface area contributed by atoms with Crippen LogP contribution in [0.2, 0.25) is 0 Å². The second-order valence-corrected chi connectivity index (χ2v) is 5.58. The summed E-state index contributed by atoms with van der Waals surface area (Å²) < 4.78 is 41.8. The number of hydrogen-bond donors (Lipinski definition) is 1. The lowest BCUT2D eigenvalue weighted by atomic mass is 10.1. The van der Waals surface area contributed by atoms with E-state index in [1.165, 1.54) is 24.3 Å². The first kappa shape index (κ1) is 16.8. The Morgan fingerprint density at radius 2 is 1.76 bits per heavy atom. The maximum absolute atomic E-state index is 13.3. The molecule has 25 heavy (non-hydrogen) atoms. The molecule has 6 heteroatoms. The third kappa shape index (κ3) is 3.57. The van der Waals surface area contributed by atoms with Gasteiger partial charge in [0.1, 0.15) is 0 Å². The zero-order valence-electron chi connectivity index (χ0n) is 13.3. The molecule has 1 heterocycles. The Morgan fingerprint density at radius 3 is 2.44 bits per heavy atom. The average molecular weight is 344 g/mol. The van der Waals surface area contributed by atoms with Crippen LogP contribution in [0.15, 0.2) is 66.9 Å². The van der Waals surface area contributed by atoms with Crippen LogP contribution in [0.5, 0.6) is 0 Å². The van der Waals surface area contributed by atoms with Crippen LogP contribution in [0, 0.1) is 0 Å². The van der Waals surface area contributed by atoms with Crippen molar-refractivity contribution in [2.24, 2.45) is 7.05 Å². The normalized spacial score (nSPS) is 12.4. The minimum atomic E-state index is -4.63. The predicted octanol–water partition coefficient (Wildman–Crippen LogP) is 4.76. The number of carbonyl (C=O) groups is 1. The van der Waals surface area contributed by atoms with E-state index in [-0.39, 0.29) is 5.56 Å². The molecule has 3 nitrogen and oxygen atoms in total. The van der Waals surface area contributed by atoms with Crippen molar-refractivity contribution in [2.75, 3.05) is 5.32 Å². The number of benzene rings is 2. The molecular formula is C19H15F3N2O. The van der Waals surface area contributed by atoms with Crippen molar-refractivity contribution in [1.82, 2.24) is 4.57 Å². The molecule has 3 rings (SSSR count). The van der Waals surface area contributed by atoms with E-state index in [0.717, 1.165) is 10.9 Å². The lowest BCUT2D eigenvalue weighted by Crippen LogP contribution is -2.16. The van der Waals surface area contributed by atoms with Crippen LogP contribution in [0.4, 0.5) is 18.9 Å². The summed E-state index contributed by atoms with van der Waals surface area (Å²) in [5.74, 6) is -0.826. The lowest BCUT2D eigenvalue weighted by Gasteiger charge is -2.12. The van der Waals surface area contributed by atoms with E-state index >= 15 is 0 Å². The molecule has 1 amide bonds. The highest BCUT2D eigenvalue weighted by Gasteiger charge is 2.35. The summed E-state index contributed by atoms with van der Waals surface area (Å²) >= 11 is 0.